The summed E-state index contributed by atoms with van der Waals surface area (Å²) in [5.74, 6) is -0.133. The third-order valence-corrected chi connectivity index (χ3v) is 2.76. The number of nitrogens with zero attached hydrogens (tertiary/aromatic N) is 4. The predicted octanol–water partition coefficient (Wildman–Crippen LogP) is 1.84. The van der Waals surface area contributed by atoms with E-state index < -0.39 is 5.97 Å². The van der Waals surface area contributed by atoms with Crippen LogP contribution in [0.5, 0.6) is 0 Å². The average Bonchev–Trinajstić information content (AvgIpc) is 2.79. The van der Waals surface area contributed by atoms with Gasteiger partial charge in [-0.15, -0.1) is 5.10 Å². The summed E-state index contributed by atoms with van der Waals surface area (Å²) in [5, 5.41) is 7.89. The van der Waals surface area contributed by atoms with E-state index in [2.05, 4.69) is 15.3 Å². The number of hydrogen-bond acceptors (Lipinski definition) is 5. The van der Waals surface area contributed by atoms with Gasteiger partial charge in [-0.2, -0.15) is 0 Å². The van der Waals surface area contributed by atoms with E-state index in [-0.39, 0.29) is 5.69 Å². The zero-order valence-corrected chi connectivity index (χ0v) is 11.9. The van der Waals surface area contributed by atoms with Gasteiger partial charge >= 0.3 is 5.97 Å². The van der Waals surface area contributed by atoms with Crippen LogP contribution < -0.4 is 0 Å². The summed E-state index contributed by atoms with van der Waals surface area (Å²) in [4.78, 5) is 16.1. The fourth-order valence-corrected chi connectivity index (χ4v) is 1.65. The van der Waals surface area contributed by atoms with Crippen LogP contribution in [0.3, 0.4) is 0 Å². The van der Waals surface area contributed by atoms with Crippen LogP contribution in [0.2, 0.25) is 0 Å². The molecule has 0 aliphatic heterocycles. The van der Waals surface area contributed by atoms with Gasteiger partial charge in [0.25, 0.3) is 0 Å². The predicted molar refractivity (Wildman–Crippen MR) is 73.2 cm³/mol. The van der Waals surface area contributed by atoms with Gasteiger partial charge in [0.2, 0.25) is 0 Å². The minimum Gasteiger partial charge on any atom is -0.461 e. The summed E-state index contributed by atoms with van der Waals surface area (Å²) in [7, 11) is 0. The fourth-order valence-electron chi connectivity index (χ4n) is 1.65. The fraction of sp³-hybridized carbons (Fsp3) is 0.429. The van der Waals surface area contributed by atoms with Crippen molar-refractivity contribution in [3.05, 3.63) is 41.5 Å². The molecule has 2 aromatic heterocycles. The van der Waals surface area contributed by atoms with Crippen molar-refractivity contribution >= 4 is 5.97 Å². The van der Waals surface area contributed by atoms with Gasteiger partial charge in [-0.05, 0) is 25.0 Å². The molecule has 0 fully saturated rings. The van der Waals surface area contributed by atoms with Crippen molar-refractivity contribution in [2.75, 3.05) is 6.61 Å². The van der Waals surface area contributed by atoms with Gasteiger partial charge in [0.15, 0.2) is 5.69 Å². The zero-order valence-electron chi connectivity index (χ0n) is 11.9. The lowest BCUT2D eigenvalue weighted by atomic mass is 10.2. The molecule has 20 heavy (non-hydrogen) atoms. The highest BCUT2D eigenvalue weighted by molar-refractivity contribution is 5.88. The highest BCUT2D eigenvalue weighted by atomic mass is 16.5. The van der Waals surface area contributed by atoms with Crippen LogP contribution in [0.25, 0.3) is 0 Å². The first kappa shape index (κ1) is 14.2. The second kappa shape index (κ2) is 6.27. The van der Waals surface area contributed by atoms with Crippen molar-refractivity contribution in [2.24, 2.45) is 5.92 Å². The SMILES string of the molecule is Cc1c(C(=O)OCC(C)C)nnn1Cc1ccccn1. The van der Waals surface area contributed by atoms with Crippen molar-refractivity contribution in [2.45, 2.75) is 27.3 Å². The Hall–Kier alpha value is -2.24. The number of pyridine rings is 1. The average molecular weight is 274 g/mol. The van der Waals surface area contributed by atoms with Gasteiger partial charge in [-0.25, -0.2) is 9.48 Å². The van der Waals surface area contributed by atoms with Gasteiger partial charge in [0.05, 0.1) is 24.5 Å². The van der Waals surface area contributed by atoms with Gasteiger partial charge in [0, 0.05) is 6.20 Å². The van der Waals surface area contributed by atoms with E-state index in [1.807, 2.05) is 32.0 Å². The molecule has 2 heterocycles. The standard InChI is InChI=1S/C14H18N4O2/c1-10(2)9-20-14(19)13-11(3)18(17-16-13)8-12-6-4-5-7-15-12/h4-7,10H,8-9H2,1-3H3. The monoisotopic (exact) mass is 274 g/mol. The second-order valence-corrected chi connectivity index (χ2v) is 4.99. The second-order valence-electron chi connectivity index (χ2n) is 4.99. The summed E-state index contributed by atoms with van der Waals surface area (Å²) in [5.41, 5.74) is 1.81. The largest absolute Gasteiger partial charge is 0.461 e. The molecule has 106 valence electrons. The maximum Gasteiger partial charge on any atom is 0.360 e. The quantitative estimate of drug-likeness (QED) is 0.778. The first-order valence-corrected chi connectivity index (χ1v) is 6.55. The van der Waals surface area contributed by atoms with E-state index in [0.717, 1.165) is 5.69 Å². The summed E-state index contributed by atoms with van der Waals surface area (Å²) in [6, 6.07) is 5.66. The normalized spacial score (nSPS) is 10.8. The van der Waals surface area contributed by atoms with Gasteiger partial charge in [-0.3, -0.25) is 4.98 Å². The van der Waals surface area contributed by atoms with E-state index in [9.17, 15) is 4.79 Å². The lowest BCUT2D eigenvalue weighted by Crippen LogP contribution is -2.12. The number of carbonyl (C=O) groups excluding carboxylic acids is 1. The molecule has 0 unspecified atom stereocenters. The van der Waals surface area contributed by atoms with E-state index in [4.69, 9.17) is 4.74 Å². The van der Waals surface area contributed by atoms with Crippen LogP contribution in [0.4, 0.5) is 0 Å². The first-order chi connectivity index (χ1) is 9.58. The Morgan fingerprint density at radius 2 is 2.20 bits per heavy atom. The molecule has 2 rings (SSSR count). The molecule has 0 saturated carbocycles. The molecular weight excluding hydrogens is 256 g/mol. The van der Waals surface area contributed by atoms with Crippen LogP contribution in [0.1, 0.15) is 35.7 Å². The summed E-state index contributed by atoms with van der Waals surface area (Å²) < 4.78 is 6.81. The molecule has 0 aliphatic carbocycles. The topological polar surface area (TPSA) is 69.9 Å². The number of esters is 1. The molecule has 0 radical (unpaired) electrons. The van der Waals surface area contributed by atoms with Gasteiger partial charge in [0.1, 0.15) is 0 Å². The van der Waals surface area contributed by atoms with Crippen molar-refractivity contribution in [1.82, 2.24) is 20.0 Å². The molecule has 0 amide bonds. The summed E-state index contributed by atoms with van der Waals surface area (Å²) in [6.45, 7) is 6.63. The molecule has 0 atom stereocenters. The van der Waals surface area contributed by atoms with Crippen LogP contribution in [0.15, 0.2) is 24.4 Å². The molecule has 0 bridgehead atoms. The molecular formula is C14H18N4O2. The molecule has 0 aromatic carbocycles. The molecule has 2 aromatic rings. The lowest BCUT2D eigenvalue weighted by molar-refractivity contribution is 0.0451. The Morgan fingerprint density at radius 1 is 1.40 bits per heavy atom. The first-order valence-electron chi connectivity index (χ1n) is 6.55. The Balaban J connectivity index is 2.09. The van der Waals surface area contributed by atoms with Crippen molar-refractivity contribution in [1.29, 1.82) is 0 Å². The molecule has 0 N–H and O–H groups in total. The molecule has 0 aliphatic rings. The third-order valence-electron chi connectivity index (χ3n) is 2.76. The van der Waals surface area contributed by atoms with Crippen LogP contribution in [-0.4, -0.2) is 32.6 Å². The van der Waals surface area contributed by atoms with Crippen molar-refractivity contribution < 1.29 is 9.53 Å². The Bertz CT molecular complexity index is 578. The summed E-state index contributed by atoms with van der Waals surface area (Å²) in [6.07, 6.45) is 1.72. The maximum atomic E-state index is 11.9. The van der Waals surface area contributed by atoms with Crippen LogP contribution in [-0.2, 0) is 11.3 Å². The van der Waals surface area contributed by atoms with E-state index >= 15 is 0 Å². The van der Waals surface area contributed by atoms with Gasteiger partial charge < -0.3 is 4.74 Å². The number of rotatable bonds is 5. The van der Waals surface area contributed by atoms with Gasteiger partial charge in [-0.1, -0.05) is 25.1 Å². The number of carbonyl (C=O) groups is 1. The Labute approximate surface area is 117 Å². The van der Waals surface area contributed by atoms with E-state index in [1.54, 1.807) is 17.8 Å². The minimum atomic E-state index is -0.427. The lowest BCUT2D eigenvalue weighted by Gasteiger charge is -2.06. The van der Waals surface area contributed by atoms with Crippen molar-refractivity contribution in [3.63, 3.8) is 0 Å². The molecule has 0 saturated heterocycles. The third kappa shape index (κ3) is 3.40. The zero-order chi connectivity index (χ0) is 14.5. The smallest absolute Gasteiger partial charge is 0.360 e. The Kier molecular flexibility index (Phi) is 4.45. The number of aromatic nitrogens is 4. The Morgan fingerprint density at radius 3 is 2.85 bits per heavy atom. The molecule has 6 nitrogen and oxygen atoms in total. The van der Waals surface area contributed by atoms with E-state index in [0.29, 0.717) is 24.8 Å². The maximum absolute atomic E-state index is 11.9. The van der Waals surface area contributed by atoms with Crippen LogP contribution >= 0.6 is 0 Å². The summed E-state index contributed by atoms with van der Waals surface area (Å²) >= 11 is 0. The number of ether oxygens (including phenoxy) is 1. The minimum absolute atomic E-state index is 0.265. The highest BCUT2D eigenvalue weighted by Crippen LogP contribution is 2.08. The highest BCUT2D eigenvalue weighted by Gasteiger charge is 2.18. The van der Waals surface area contributed by atoms with Crippen molar-refractivity contribution in [3.8, 4) is 0 Å². The number of hydrogen-bond donors (Lipinski definition) is 0. The molecule has 6 heteroatoms. The van der Waals surface area contributed by atoms with E-state index in [1.165, 1.54) is 0 Å². The van der Waals surface area contributed by atoms with Crippen LogP contribution in [0, 0.1) is 12.8 Å². The molecule has 0 spiro atoms.